The summed E-state index contributed by atoms with van der Waals surface area (Å²) in [5, 5.41) is 6.55. The van der Waals surface area contributed by atoms with E-state index in [0.29, 0.717) is 6.61 Å². The molecule has 1 aromatic rings. The quantitative estimate of drug-likeness (QED) is 0.685. The van der Waals surface area contributed by atoms with Crippen LogP contribution in [0.3, 0.4) is 0 Å². The molecule has 1 heterocycles. The second-order valence-corrected chi connectivity index (χ2v) is 4.65. The first-order chi connectivity index (χ1) is 5.96. The summed E-state index contributed by atoms with van der Waals surface area (Å²) in [4.78, 5) is 0. The van der Waals surface area contributed by atoms with E-state index in [-0.39, 0.29) is 11.2 Å². The Balaban J connectivity index is 3.14. The van der Waals surface area contributed by atoms with Gasteiger partial charge in [0.1, 0.15) is 0 Å². The summed E-state index contributed by atoms with van der Waals surface area (Å²) in [6, 6.07) is 0.127. The van der Waals surface area contributed by atoms with Crippen molar-refractivity contribution in [3.8, 4) is 6.01 Å². The van der Waals surface area contributed by atoms with Crippen LogP contribution in [-0.2, 0) is 16.1 Å². The summed E-state index contributed by atoms with van der Waals surface area (Å²) in [7, 11) is 2.68. The van der Waals surface area contributed by atoms with Crippen molar-refractivity contribution in [3.63, 3.8) is 0 Å². The van der Waals surface area contributed by atoms with Crippen LogP contribution in [0.2, 0.25) is 0 Å². The van der Waals surface area contributed by atoms with Crippen LogP contribution in [0.25, 0.3) is 0 Å². The van der Waals surface area contributed by atoms with E-state index in [2.05, 4.69) is 10.2 Å². The van der Waals surface area contributed by atoms with Gasteiger partial charge in [0.2, 0.25) is 0 Å². The molecule has 6 nitrogen and oxygen atoms in total. The van der Waals surface area contributed by atoms with Crippen molar-refractivity contribution < 1.29 is 13.2 Å². The SMILES string of the molecule is CCOc1nnc(S(=O)(=O)Cl)n1C. The van der Waals surface area contributed by atoms with Crippen LogP contribution < -0.4 is 4.74 Å². The van der Waals surface area contributed by atoms with E-state index in [1.54, 1.807) is 6.92 Å². The third-order valence-corrected chi connectivity index (χ3v) is 2.49. The van der Waals surface area contributed by atoms with Gasteiger partial charge in [-0.05, 0) is 6.92 Å². The molecule has 0 spiro atoms. The number of hydrogen-bond donors (Lipinski definition) is 0. The molecule has 0 radical (unpaired) electrons. The monoisotopic (exact) mass is 225 g/mol. The van der Waals surface area contributed by atoms with Gasteiger partial charge in [0.05, 0.1) is 6.61 Å². The smallest absolute Gasteiger partial charge is 0.317 e. The number of nitrogens with zero attached hydrogens (tertiary/aromatic N) is 3. The average Bonchev–Trinajstić information content (AvgIpc) is 2.32. The number of hydrogen-bond acceptors (Lipinski definition) is 5. The van der Waals surface area contributed by atoms with Crippen LogP contribution in [0.15, 0.2) is 5.16 Å². The lowest BCUT2D eigenvalue weighted by Gasteiger charge is -2.00. The van der Waals surface area contributed by atoms with E-state index in [1.165, 1.54) is 11.6 Å². The van der Waals surface area contributed by atoms with E-state index in [4.69, 9.17) is 15.4 Å². The largest absolute Gasteiger partial charge is 0.464 e. The number of aromatic nitrogens is 3. The third kappa shape index (κ3) is 2.10. The molecule has 0 aromatic carbocycles. The predicted octanol–water partition coefficient (Wildman–Crippen LogP) is 0.141. The fourth-order valence-electron chi connectivity index (χ4n) is 0.769. The Morgan fingerprint density at radius 1 is 1.54 bits per heavy atom. The molecular formula is C5H8ClN3O3S. The van der Waals surface area contributed by atoms with Crippen molar-refractivity contribution >= 4 is 19.7 Å². The standard InChI is InChI=1S/C5H8ClN3O3S/c1-3-12-4-7-8-5(9(4)2)13(6,10)11/h3H2,1-2H3. The van der Waals surface area contributed by atoms with Gasteiger partial charge < -0.3 is 4.74 Å². The summed E-state index contributed by atoms with van der Waals surface area (Å²) < 4.78 is 27.9. The molecule has 1 aromatic heterocycles. The first-order valence-corrected chi connectivity index (χ1v) is 5.74. The van der Waals surface area contributed by atoms with Crippen LogP contribution in [0.5, 0.6) is 6.01 Å². The summed E-state index contributed by atoms with van der Waals surface area (Å²) >= 11 is 0. The molecule has 0 atom stereocenters. The molecule has 0 saturated heterocycles. The van der Waals surface area contributed by atoms with Gasteiger partial charge in [-0.3, -0.25) is 4.57 Å². The molecule has 0 aliphatic heterocycles. The molecule has 0 saturated carbocycles. The minimum Gasteiger partial charge on any atom is -0.464 e. The van der Waals surface area contributed by atoms with E-state index >= 15 is 0 Å². The van der Waals surface area contributed by atoms with E-state index in [1.807, 2.05) is 0 Å². The fraction of sp³-hybridized carbons (Fsp3) is 0.600. The maximum atomic E-state index is 10.9. The van der Waals surface area contributed by atoms with Gasteiger partial charge >= 0.3 is 6.01 Å². The Morgan fingerprint density at radius 2 is 2.15 bits per heavy atom. The molecule has 1 rings (SSSR count). The molecule has 0 aliphatic rings. The molecule has 0 N–H and O–H groups in total. The summed E-state index contributed by atoms with van der Waals surface area (Å²) in [6.45, 7) is 2.14. The Morgan fingerprint density at radius 3 is 2.54 bits per heavy atom. The van der Waals surface area contributed by atoms with Gasteiger partial charge in [-0.2, -0.15) is 0 Å². The maximum absolute atomic E-state index is 10.9. The lowest BCUT2D eigenvalue weighted by Crippen LogP contribution is -2.04. The highest BCUT2D eigenvalue weighted by molar-refractivity contribution is 8.13. The zero-order valence-corrected chi connectivity index (χ0v) is 8.63. The minimum absolute atomic E-state index is 0.127. The first-order valence-electron chi connectivity index (χ1n) is 3.43. The topological polar surface area (TPSA) is 74.1 Å². The molecule has 0 fully saturated rings. The van der Waals surface area contributed by atoms with Crippen LogP contribution >= 0.6 is 10.7 Å². The Kier molecular flexibility index (Phi) is 2.77. The second kappa shape index (κ2) is 3.51. The Hall–Kier alpha value is -0.820. The van der Waals surface area contributed by atoms with Crippen LogP contribution in [-0.4, -0.2) is 29.8 Å². The summed E-state index contributed by atoms with van der Waals surface area (Å²) in [6.07, 6.45) is 0. The molecule has 0 amide bonds. The van der Waals surface area contributed by atoms with Crippen molar-refractivity contribution in [3.05, 3.63) is 0 Å². The van der Waals surface area contributed by atoms with Crippen LogP contribution in [0.1, 0.15) is 6.92 Å². The number of ether oxygens (including phenoxy) is 1. The lowest BCUT2D eigenvalue weighted by molar-refractivity contribution is 0.298. The highest BCUT2D eigenvalue weighted by Gasteiger charge is 2.20. The van der Waals surface area contributed by atoms with Gasteiger partial charge in [-0.15, -0.1) is 5.10 Å². The minimum atomic E-state index is -3.85. The van der Waals surface area contributed by atoms with Crippen molar-refractivity contribution in [1.82, 2.24) is 14.8 Å². The van der Waals surface area contributed by atoms with Gasteiger partial charge in [-0.25, -0.2) is 8.42 Å². The van der Waals surface area contributed by atoms with Crippen LogP contribution in [0.4, 0.5) is 0 Å². The summed E-state index contributed by atoms with van der Waals surface area (Å²) in [5.41, 5.74) is 0. The zero-order valence-electron chi connectivity index (χ0n) is 7.06. The second-order valence-electron chi connectivity index (χ2n) is 2.20. The van der Waals surface area contributed by atoms with Crippen molar-refractivity contribution in [2.45, 2.75) is 12.1 Å². The van der Waals surface area contributed by atoms with E-state index < -0.39 is 9.05 Å². The first kappa shape index (κ1) is 10.3. The van der Waals surface area contributed by atoms with Crippen molar-refractivity contribution in [2.75, 3.05) is 6.61 Å². The summed E-state index contributed by atoms with van der Waals surface area (Å²) in [5.74, 6) is 0. The lowest BCUT2D eigenvalue weighted by atomic mass is 10.9. The molecule has 8 heteroatoms. The molecule has 13 heavy (non-hydrogen) atoms. The molecule has 0 unspecified atom stereocenters. The molecular weight excluding hydrogens is 218 g/mol. The number of halogens is 1. The van der Waals surface area contributed by atoms with Crippen molar-refractivity contribution in [2.24, 2.45) is 7.05 Å². The normalized spacial score (nSPS) is 11.6. The van der Waals surface area contributed by atoms with Gasteiger partial charge in [0, 0.05) is 17.7 Å². The third-order valence-electron chi connectivity index (χ3n) is 1.29. The number of rotatable bonds is 3. The van der Waals surface area contributed by atoms with Gasteiger partial charge in [-0.1, -0.05) is 5.10 Å². The highest BCUT2D eigenvalue weighted by atomic mass is 35.7. The molecule has 0 aliphatic carbocycles. The fourth-order valence-corrected chi connectivity index (χ4v) is 1.72. The Bertz CT molecular complexity index is 399. The predicted molar refractivity (Wildman–Crippen MR) is 45.2 cm³/mol. The van der Waals surface area contributed by atoms with Crippen LogP contribution in [0, 0.1) is 0 Å². The van der Waals surface area contributed by atoms with Gasteiger partial charge in [0.25, 0.3) is 14.2 Å². The van der Waals surface area contributed by atoms with Crippen molar-refractivity contribution in [1.29, 1.82) is 0 Å². The maximum Gasteiger partial charge on any atom is 0.317 e. The average molecular weight is 226 g/mol. The molecule has 74 valence electrons. The van der Waals surface area contributed by atoms with E-state index in [0.717, 1.165) is 0 Å². The highest BCUT2D eigenvalue weighted by Crippen LogP contribution is 2.15. The molecule has 0 bridgehead atoms. The van der Waals surface area contributed by atoms with Gasteiger partial charge in [0.15, 0.2) is 0 Å². The zero-order chi connectivity index (χ0) is 10.1. The van der Waals surface area contributed by atoms with E-state index in [9.17, 15) is 8.42 Å². The Labute approximate surface area is 79.9 Å².